The standard InChI is InChI=1S/C10H11NO3/c1-14-6-2-3-11-9(4-6)7-5-8(7)10(12)13/h2-4,7-8H,5H2,1H3,(H,12,13). The van der Waals surface area contributed by atoms with Crippen molar-refractivity contribution in [2.45, 2.75) is 12.3 Å². The molecule has 1 aliphatic carbocycles. The highest BCUT2D eigenvalue weighted by molar-refractivity contribution is 5.75. The molecular formula is C10H11NO3. The lowest BCUT2D eigenvalue weighted by Crippen LogP contribution is -2.00. The van der Waals surface area contributed by atoms with E-state index in [4.69, 9.17) is 9.84 Å². The van der Waals surface area contributed by atoms with E-state index < -0.39 is 5.97 Å². The molecule has 1 aliphatic rings. The zero-order valence-corrected chi connectivity index (χ0v) is 7.80. The number of hydrogen-bond acceptors (Lipinski definition) is 3. The third-order valence-electron chi connectivity index (χ3n) is 2.48. The molecule has 2 rings (SSSR count). The number of aliphatic carboxylic acids is 1. The lowest BCUT2D eigenvalue weighted by atomic mass is 10.2. The number of ether oxygens (including phenoxy) is 1. The van der Waals surface area contributed by atoms with Crippen LogP contribution in [0.5, 0.6) is 5.75 Å². The zero-order chi connectivity index (χ0) is 10.1. The summed E-state index contributed by atoms with van der Waals surface area (Å²) >= 11 is 0. The van der Waals surface area contributed by atoms with Crippen LogP contribution in [0.15, 0.2) is 18.3 Å². The summed E-state index contributed by atoms with van der Waals surface area (Å²) in [6.45, 7) is 0. The Morgan fingerprint density at radius 1 is 1.71 bits per heavy atom. The number of carboxylic acid groups (broad SMARTS) is 1. The molecule has 0 bridgehead atoms. The minimum Gasteiger partial charge on any atom is -0.497 e. The number of pyridine rings is 1. The number of methoxy groups -OCH3 is 1. The van der Waals surface area contributed by atoms with Crippen molar-refractivity contribution in [2.75, 3.05) is 7.11 Å². The Balaban J connectivity index is 2.15. The van der Waals surface area contributed by atoms with Crippen LogP contribution in [0, 0.1) is 5.92 Å². The van der Waals surface area contributed by atoms with Gasteiger partial charge in [-0.1, -0.05) is 0 Å². The Bertz CT molecular complexity index is 364. The summed E-state index contributed by atoms with van der Waals surface area (Å²) < 4.78 is 5.04. The maximum absolute atomic E-state index is 10.6. The topological polar surface area (TPSA) is 59.4 Å². The molecular weight excluding hydrogens is 182 g/mol. The van der Waals surface area contributed by atoms with Crippen LogP contribution in [0.1, 0.15) is 18.0 Å². The van der Waals surface area contributed by atoms with Crippen molar-refractivity contribution in [2.24, 2.45) is 5.92 Å². The SMILES string of the molecule is COc1ccnc(C2CC2C(=O)O)c1. The second-order valence-electron chi connectivity index (χ2n) is 3.41. The van der Waals surface area contributed by atoms with Crippen molar-refractivity contribution in [3.63, 3.8) is 0 Å². The first kappa shape index (κ1) is 8.99. The van der Waals surface area contributed by atoms with E-state index in [0.29, 0.717) is 6.42 Å². The van der Waals surface area contributed by atoms with Crippen molar-refractivity contribution in [1.29, 1.82) is 0 Å². The average Bonchev–Trinajstić information content (AvgIpc) is 2.97. The van der Waals surface area contributed by atoms with Crippen LogP contribution in [0.25, 0.3) is 0 Å². The second-order valence-corrected chi connectivity index (χ2v) is 3.41. The molecule has 1 aromatic rings. The largest absolute Gasteiger partial charge is 0.497 e. The Labute approximate surface area is 81.5 Å². The predicted octanol–water partition coefficient (Wildman–Crippen LogP) is 1.28. The maximum Gasteiger partial charge on any atom is 0.307 e. The molecule has 2 unspecified atom stereocenters. The molecule has 1 aromatic heterocycles. The third-order valence-corrected chi connectivity index (χ3v) is 2.48. The van der Waals surface area contributed by atoms with Crippen LogP contribution in [0.4, 0.5) is 0 Å². The highest BCUT2D eigenvalue weighted by Crippen LogP contribution is 2.47. The number of rotatable bonds is 3. The van der Waals surface area contributed by atoms with Gasteiger partial charge < -0.3 is 9.84 Å². The zero-order valence-electron chi connectivity index (χ0n) is 7.80. The summed E-state index contributed by atoms with van der Waals surface area (Å²) in [6, 6.07) is 3.55. The molecule has 1 N–H and O–H groups in total. The van der Waals surface area contributed by atoms with Gasteiger partial charge in [0.05, 0.1) is 13.0 Å². The maximum atomic E-state index is 10.6. The van der Waals surface area contributed by atoms with E-state index in [2.05, 4.69) is 4.98 Å². The highest BCUT2D eigenvalue weighted by atomic mass is 16.5. The van der Waals surface area contributed by atoms with Crippen molar-refractivity contribution < 1.29 is 14.6 Å². The molecule has 0 saturated heterocycles. The van der Waals surface area contributed by atoms with E-state index in [1.165, 1.54) is 0 Å². The summed E-state index contributed by atoms with van der Waals surface area (Å²) in [7, 11) is 1.58. The predicted molar refractivity (Wildman–Crippen MR) is 49.3 cm³/mol. The first-order valence-electron chi connectivity index (χ1n) is 4.45. The smallest absolute Gasteiger partial charge is 0.307 e. The van der Waals surface area contributed by atoms with Crippen LogP contribution in [0.2, 0.25) is 0 Å². The summed E-state index contributed by atoms with van der Waals surface area (Å²) in [5.41, 5.74) is 0.816. The van der Waals surface area contributed by atoms with Crippen molar-refractivity contribution in [3.05, 3.63) is 24.0 Å². The number of hydrogen-bond donors (Lipinski definition) is 1. The van der Waals surface area contributed by atoms with E-state index in [1.807, 2.05) is 0 Å². The van der Waals surface area contributed by atoms with E-state index in [1.54, 1.807) is 25.4 Å². The molecule has 1 fully saturated rings. The Hall–Kier alpha value is -1.58. The minimum atomic E-state index is -0.736. The second kappa shape index (κ2) is 3.29. The van der Waals surface area contributed by atoms with Gasteiger partial charge in [-0.25, -0.2) is 0 Å². The van der Waals surface area contributed by atoms with Gasteiger partial charge in [-0.05, 0) is 12.5 Å². The van der Waals surface area contributed by atoms with Crippen LogP contribution < -0.4 is 4.74 Å². The molecule has 0 radical (unpaired) electrons. The number of aromatic nitrogens is 1. The van der Waals surface area contributed by atoms with Gasteiger partial charge in [-0.3, -0.25) is 9.78 Å². The summed E-state index contributed by atoms with van der Waals surface area (Å²) in [5.74, 6) is -0.192. The lowest BCUT2D eigenvalue weighted by Gasteiger charge is -2.01. The number of carboxylic acids is 1. The quantitative estimate of drug-likeness (QED) is 0.785. The van der Waals surface area contributed by atoms with Gasteiger partial charge in [0.15, 0.2) is 0 Å². The van der Waals surface area contributed by atoms with Gasteiger partial charge in [0, 0.05) is 23.9 Å². The third kappa shape index (κ3) is 1.55. The van der Waals surface area contributed by atoms with E-state index in [9.17, 15) is 4.79 Å². The summed E-state index contributed by atoms with van der Waals surface area (Å²) in [6.07, 6.45) is 2.33. The van der Waals surface area contributed by atoms with E-state index >= 15 is 0 Å². The molecule has 0 spiro atoms. The fourth-order valence-electron chi connectivity index (χ4n) is 1.55. The average molecular weight is 193 g/mol. The van der Waals surface area contributed by atoms with Gasteiger partial charge in [0.1, 0.15) is 5.75 Å². The Morgan fingerprint density at radius 2 is 2.50 bits per heavy atom. The molecule has 1 heterocycles. The highest BCUT2D eigenvalue weighted by Gasteiger charge is 2.45. The Kier molecular flexibility index (Phi) is 2.11. The Morgan fingerprint density at radius 3 is 3.07 bits per heavy atom. The molecule has 0 aromatic carbocycles. The van der Waals surface area contributed by atoms with Crippen LogP contribution in [-0.2, 0) is 4.79 Å². The molecule has 2 atom stereocenters. The fraction of sp³-hybridized carbons (Fsp3) is 0.400. The molecule has 4 heteroatoms. The van der Waals surface area contributed by atoms with Crippen molar-refractivity contribution in [3.8, 4) is 5.75 Å². The van der Waals surface area contributed by atoms with Gasteiger partial charge in [-0.2, -0.15) is 0 Å². The van der Waals surface area contributed by atoms with Crippen LogP contribution in [0.3, 0.4) is 0 Å². The first-order chi connectivity index (χ1) is 6.72. The van der Waals surface area contributed by atoms with Crippen LogP contribution >= 0.6 is 0 Å². The van der Waals surface area contributed by atoms with Gasteiger partial charge in [0.2, 0.25) is 0 Å². The van der Waals surface area contributed by atoms with Crippen LogP contribution in [-0.4, -0.2) is 23.2 Å². The molecule has 1 saturated carbocycles. The van der Waals surface area contributed by atoms with E-state index in [0.717, 1.165) is 11.4 Å². The first-order valence-corrected chi connectivity index (χ1v) is 4.45. The molecule has 74 valence electrons. The number of carbonyl (C=O) groups is 1. The summed E-state index contributed by atoms with van der Waals surface area (Å²) in [4.78, 5) is 14.8. The normalized spacial score (nSPS) is 24.4. The number of nitrogens with zero attached hydrogens (tertiary/aromatic N) is 1. The lowest BCUT2D eigenvalue weighted by molar-refractivity contribution is -0.138. The summed E-state index contributed by atoms with van der Waals surface area (Å²) in [5, 5.41) is 8.75. The fourth-order valence-corrected chi connectivity index (χ4v) is 1.55. The van der Waals surface area contributed by atoms with Gasteiger partial charge >= 0.3 is 5.97 Å². The van der Waals surface area contributed by atoms with Crippen molar-refractivity contribution >= 4 is 5.97 Å². The van der Waals surface area contributed by atoms with Gasteiger partial charge in [0.25, 0.3) is 0 Å². The van der Waals surface area contributed by atoms with Crippen molar-refractivity contribution in [1.82, 2.24) is 4.98 Å². The van der Waals surface area contributed by atoms with E-state index in [-0.39, 0.29) is 11.8 Å². The monoisotopic (exact) mass is 193 g/mol. The minimum absolute atomic E-state index is 0.0719. The molecule has 0 amide bonds. The molecule has 0 aliphatic heterocycles. The molecule has 4 nitrogen and oxygen atoms in total. The molecule has 14 heavy (non-hydrogen) atoms. The van der Waals surface area contributed by atoms with Gasteiger partial charge in [-0.15, -0.1) is 0 Å².